The van der Waals surface area contributed by atoms with E-state index in [9.17, 15) is 24.5 Å². The van der Waals surface area contributed by atoms with E-state index in [0.29, 0.717) is 6.54 Å². The van der Waals surface area contributed by atoms with E-state index >= 15 is 0 Å². The Labute approximate surface area is 138 Å². The zero-order valence-electron chi connectivity index (χ0n) is 13.4. The summed E-state index contributed by atoms with van der Waals surface area (Å²) in [5.74, 6) is -1.35. The first-order chi connectivity index (χ1) is 11.3. The average molecular weight is 336 g/mol. The first kappa shape index (κ1) is 17.6. The fraction of sp³-hybridized carbons (Fsp3) is 0.533. The number of aromatic nitrogens is 1. The van der Waals surface area contributed by atoms with E-state index in [-0.39, 0.29) is 18.5 Å². The Morgan fingerprint density at radius 1 is 1.42 bits per heavy atom. The van der Waals surface area contributed by atoms with Crippen molar-refractivity contribution < 1.29 is 14.5 Å². The van der Waals surface area contributed by atoms with Crippen LogP contribution in [0.15, 0.2) is 17.1 Å². The molecule has 9 heteroatoms. The number of amides is 2. The fourth-order valence-corrected chi connectivity index (χ4v) is 3.00. The number of piperidine rings is 1. The first-order valence-corrected chi connectivity index (χ1v) is 7.83. The summed E-state index contributed by atoms with van der Waals surface area (Å²) in [6, 6.07) is 0.942. The number of nitrogens with two attached hydrogens (primary N) is 1. The first-order valence-electron chi connectivity index (χ1n) is 7.83. The predicted octanol–water partition coefficient (Wildman–Crippen LogP) is 0.647. The van der Waals surface area contributed by atoms with Crippen LogP contribution >= 0.6 is 0 Å². The lowest BCUT2D eigenvalue weighted by Crippen LogP contribution is -2.46. The number of nitrogens with zero attached hydrogens (tertiary/aromatic N) is 3. The number of rotatable bonds is 5. The van der Waals surface area contributed by atoms with Gasteiger partial charge in [0.1, 0.15) is 12.1 Å². The second-order valence-corrected chi connectivity index (χ2v) is 5.81. The van der Waals surface area contributed by atoms with Gasteiger partial charge in [0.15, 0.2) is 0 Å². The van der Waals surface area contributed by atoms with E-state index in [4.69, 9.17) is 5.73 Å². The van der Waals surface area contributed by atoms with Gasteiger partial charge in [0.25, 0.3) is 17.2 Å². The largest absolute Gasteiger partial charge is 0.365 e. The number of carbonyl (C=O) groups excluding carboxylic acids is 2. The Balaban J connectivity index is 2.34. The average Bonchev–Trinajstić information content (AvgIpc) is 2.55. The molecule has 0 aliphatic carbocycles. The zero-order valence-corrected chi connectivity index (χ0v) is 13.4. The molecule has 9 nitrogen and oxygen atoms in total. The summed E-state index contributed by atoms with van der Waals surface area (Å²) in [4.78, 5) is 48.0. The molecular weight excluding hydrogens is 316 g/mol. The van der Waals surface area contributed by atoms with Crippen molar-refractivity contribution in [2.75, 3.05) is 6.54 Å². The molecule has 1 aliphatic heterocycles. The van der Waals surface area contributed by atoms with Gasteiger partial charge in [-0.25, -0.2) is 0 Å². The van der Waals surface area contributed by atoms with Crippen molar-refractivity contribution >= 4 is 17.5 Å². The maximum atomic E-state index is 12.5. The fourth-order valence-electron chi connectivity index (χ4n) is 3.00. The topological polar surface area (TPSA) is 129 Å². The molecule has 1 aromatic rings. The van der Waals surface area contributed by atoms with E-state index in [0.717, 1.165) is 42.5 Å². The molecule has 2 rings (SSSR count). The van der Waals surface area contributed by atoms with Crippen LogP contribution in [0.4, 0.5) is 5.69 Å². The summed E-state index contributed by atoms with van der Waals surface area (Å²) in [6.07, 6.45) is 4.61. The van der Waals surface area contributed by atoms with Crippen molar-refractivity contribution in [2.24, 2.45) is 5.73 Å². The van der Waals surface area contributed by atoms with E-state index < -0.39 is 27.6 Å². The molecular formula is C15H20N4O5. The Hall–Kier alpha value is -2.71. The highest BCUT2D eigenvalue weighted by molar-refractivity contribution is 5.93. The van der Waals surface area contributed by atoms with Gasteiger partial charge in [-0.2, -0.15) is 0 Å². The summed E-state index contributed by atoms with van der Waals surface area (Å²) >= 11 is 0. The third kappa shape index (κ3) is 3.61. The highest BCUT2D eigenvalue weighted by atomic mass is 16.6. The number of hydrogen-bond acceptors (Lipinski definition) is 5. The van der Waals surface area contributed by atoms with Crippen molar-refractivity contribution in [2.45, 2.75) is 45.2 Å². The summed E-state index contributed by atoms with van der Waals surface area (Å²) in [5, 5.41) is 11.0. The molecule has 0 bridgehead atoms. The number of pyridine rings is 1. The SMILES string of the molecule is CCC1CCCCN1C(=O)Cn1cc([N+](=O)[O-])cc(C(N)=O)c1=O. The highest BCUT2D eigenvalue weighted by Crippen LogP contribution is 2.20. The van der Waals surface area contributed by atoms with E-state index in [1.54, 1.807) is 4.90 Å². The number of primary amides is 1. The molecule has 1 saturated heterocycles. The van der Waals surface area contributed by atoms with Gasteiger partial charge in [-0.1, -0.05) is 6.92 Å². The molecule has 1 aromatic heterocycles. The smallest absolute Gasteiger partial charge is 0.286 e. The third-order valence-corrected chi connectivity index (χ3v) is 4.27. The lowest BCUT2D eigenvalue weighted by Gasteiger charge is -2.35. The van der Waals surface area contributed by atoms with Gasteiger partial charge in [0.2, 0.25) is 5.91 Å². The van der Waals surface area contributed by atoms with Gasteiger partial charge >= 0.3 is 0 Å². The van der Waals surface area contributed by atoms with Crippen LogP contribution < -0.4 is 11.3 Å². The summed E-state index contributed by atoms with van der Waals surface area (Å²) in [5.41, 5.74) is 3.35. The van der Waals surface area contributed by atoms with E-state index in [1.165, 1.54) is 0 Å². The molecule has 2 amide bonds. The minimum atomic E-state index is -1.06. The van der Waals surface area contributed by atoms with E-state index in [2.05, 4.69) is 0 Å². The van der Waals surface area contributed by atoms with Gasteiger partial charge in [-0.15, -0.1) is 0 Å². The monoisotopic (exact) mass is 336 g/mol. The predicted molar refractivity (Wildman–Crippen MR) is 85.5 cm³/mol. The van der Waals surface area contributed by atoms with Gasteiger partial charge in [-0.3, -0.25) is 29.1 Å². The molecule has 0 spiro atoms. The normalized spacial score (nSPS) is 17.5. The van der Waals surface area contributed by atoms with Crippen molar-refractivity contribution in [1.82, 2.24) is 9.47 Å². The van der Waals surface area contributed by atoms with Crippen LogP contribution in [-0.4, -0.2) is 38.8 Å². The van der Waals surface area contributed by atoms with Crippen molar-refractivity contribution in [1.29, 1.82) is 0 Å². The van der Waals surface area contributed by atoms with Crippen molar-refractivity contribution in [3.63, 3.8) is 0 Å². The standard InChI is InChI=1S/C15H20N4O5/c1-2-10-5-3-4-6-18(10)13(20)9-17-8-11(19(23)24)7-12(14(16)21)15(17)22/h7-8,10H,2-6,9H2,1H3,(H2,16,21). The third-order valence-electron chi connectivity index (χ3n) is 4.27. The summed E-state index contributed by atoms with van der Waals surface area (Å²) in [7, 11) is 0. The molecule has 2 N–H and O–H groups in total. The quantitative estimate of drug-likeness (QED) is 0.623. The van der Waals surface area contributed by atoms with Crippen LogP contribution in [-0.2, 0) is 11.3 Å². The van der Waals surface area contributed by atoms with Gasteiger partial charge in [0.05, 0.1) is 11.1 Å². The van der Waals surface area contributed by atoms with E-state index in [1.807, 2.05) is 6.92 Å². The van der Waals surface area contributed by atoms with Crippen LogP contribution in [0.1, 0.15) is 43.0 Å². The van der Waals surface area contributed by atoms with Crippen LogP contribution in [0, 0.1) is 10.1 Å². The minimum absolute atomic E-state index is 0.108. The highest BCUT2D eigenvalue weighted by Gasteiger charge is 2.26. The zero-order chi connectivity index (χ0) is 17.9. The molecule has 1 unspecified atom stereocenters. The lowest BCUT2D eigenvalue weighted by atomic mass is 10.00. The van der Waals surface area contributed by atoms with Gasteiger partial charge in [0, 0.05) is 18.7 Å². The van der Waals surface area contributed by atoms with Crippen LogP contribution in [0.25, 0.3) is 0 Å². The van der Waals surface area contributed by atoms with Crippen LogP contribution in [0.2, 0.25) is 0 Å². The molecule has 0 radical (unpaired) electrons. The second-order valence-electron chi connectivity index (χ2n) is 5.81. The van der Waals surface area contributed by atoms with Crippen LogP contribution in [0.5, 0.6) is 0 Å². The molecule has 1 atom stereocenters. The van der Waals surface area contributed by atoms with Crippen LogP contribution in [0.3, 0.4) is 0 Å². The van der Waals surface area contributed by atoms with Crippen molar-refractivity contribution in [3.8, 4) is 0 Å². The maximum Gasteiger partial charge on any atom is 0.286 e. The Bertz CT molecular complexity index is 727. The number of nitro groups is 1. The molecule has 24 heavy (non-hydrogen) atoms. The summed E-state index contributed by atoms with van der Waals surface area (Å²) in [6.45, 7) is 2.24. The second kappa shape index (κ2) is 7.24. The lowest BCUT2D eigenvalue weighted by molar-refractivity contribution is -0.385. The number of carbonyl (C=O) groups is 2. The minimum Gasteiger partial charge on any atom is -0.365 e. The Morgan fingerprint density at radius 2 is 2.12 bits per heavy atom. The molecule has 0 aromatic carbocycles. The maximum absolute atomic E-state index is 12.5. The Morgan fingerprint density at radius 3 is 2.71 bits per heavy atom. The summed E-state index contributed by atoms with van der Waals surface area (Å²) < 4.78 is 0.891. The van der Waals surface area contributed by atoms with Gasteiger partial charge in [-0.05, 0) is 25.7 Å². The molecule has 1 fully saturated rings. The molecule has 130 valence electrons. The number of likely N-dealkylation sites (tertiary alicyclic amines) is 1. The van der Waals surface area contributed by atoms with Crippen molar-refractivity contribution in [3.05, 3.63) is 38.3 Å². The Kier molecular flexibility index (Phi) is 5.32. The number of hydrogen-bond donors (Lipinski definition) is 1. The molecule has 2 heterocycles. The van der Waals surface area contributed by atoms with Gasteiger partial charge < -0.3 is 10.6 Å². The molecule has 1 aliphatic rings. The molecule has 0 saturated carbocycles.